The number of thiazole rings is 1. The summed E-state index contributed by atoms with van der Waals surface area (Å²) in [6.45, 7) is 2.12. The fraction of sp³-hybridized carbons (Fsp3) is 0.600. The number of aromatic nitrogens is 1. The van der Waals surface area contributed by atoms with Crippen molar-refractivity contribution in [2.45, 2.75) is 18.8 Å². The minimum Gasteiger partial charge on any atom is -0.476 e. The van der Waals surface area contributed by atoms with Gasteiger partial charge in [-0.25, -0.2) is 9.78 Å². The van der Waals surface area contributed by atoms with Crippen molar-refractivity contribution in [3.63, 3.8) is 0 Å². The maximum absolute atomic E-state index is 10.7. The van der Waals surface area contributed by atoms with Gasteiger partial charge in [0.15, 0.2) is 0 Å². The minimum absolute atomic E-state index is 0.207. The summed E-state index contributed by atoms with van der Waals surface area (Å²) in [7, 11) is 2.09. The zero-order valence-electron chi connectivity index (χ0n) is 8.64. The summed E-state index contributed by atoms with van der Waals surface area (Å²) in [6.07, 6.45) is 2.29. The summed E-state index contributed by atoms with van der Waals surface area (Å²) < 4.78 is 0. The van der Waals surface area contributed by atoms with E-state index in [2.05, 4.69) is 16.9 Å². The largest absolute Gasteiger partial charge is 0.476 e. The van der Waals surface area contributed by atoms with Crippen LogP contribution in [-0.2, 0) is 0 Å². The first-order valence-corrected chi connectivity index (χ1v) is 5.92. The molecule has 1 aromatic heterocycles. The van der Waals surface area contributed by atoms with Gasteiger partial charge in [0, 0.05) is 17.8 Å². The number of hydrogen-bond acceptors (Lipinski definition) is 4. The van der Waals surface area contributed by atoms with Gasteiger partial charge in [-0.1, -0.05) is 0 Å². The molecule has 2 rings (SSSR count). The summed E-state index contributed by atoms with van der Waals surface area (Å²) in [5.74, 6) is -0.511. The molecule has 82 valence electrons. The van der Waals surface area contributed by atoms with E-state index < -0.39 is 5.97 Å². The van der Waals surface area contributed by atoms with Crippen molar-refractivity contribution < 1.29 is 9.90 Å². The second-order valence-corrected chi connectivity index (χ2v) is 4.84. The van der Waals surface area contributed by atoms with Crippen LogP contribution in [0.2, 0.25) is 0 Å². The predicted molar refractivity (Wildman–Crippen MR) is 58.5 cm³/mol. The number of carbonyl (C=O) groups is 1. The van der Waals surface area contributed by atoms with Crippen molar-refractivity contribution in [2.75, 3.05) is 20.1 Å². The number of rotatable bonds is 2. The smallest absolute Gasteiger partial charge is 0.365 e. The Morgan fingerprint density at radius 1 is 1.73 bits per heavy atom. The monoisotopic (exact) mass is 226 g/mol. The van der Waals surface area contributed by atoms with Gasteiger partial charge in [-0.2, -0.15) is 0 Å². The summed E-state index contributed by atoms with van der Waals surface area (Å²) in [5, 5.41) is 10.9. The lowest BCUT2D eigenvalue weighted by atomic mass is 9.96. The van der Waals surface area contributed by atoms with Crippen LogP contribution in [0.1, 0.15) is 34.3 Å². The number of carboxylic acids is 1. The van der Waals surface area contributed by atoms with Gasteiger partial charge in [-0.05, 0) is 26.4 Å². The van der Waals surface area contributed by atoms with Crippen LogP contribution in [0.25, 0.3) is 0 Å². The Kier molecular flexibility index (Phi) is 3.02. The molecule has 0 aromatic carbocycles. The highest BCUT2D eigenvalue weighted by molar-refractivity contribution is 7.11. The molecule has 1 fully saturated rings. The summed E-state index contributed by atoms with van der Waals surface area (Å²) in [4.78, 5) is 17.1. The van der Waals surface area contributed by atoms with Crippen LogP contribution in [0.15, 0.2) is 5.38 Å². The van der Waals surface area contributed by atoms with Gasteiger partial charge in [0.1, 0.15) is 0 Å². The fourth-order valence-electron chi connectivity index (χ4n) is 1.98. The van der Waals surface area contributed by atoms with Crippen molar-refractivity contribution in [3.8, 4) is 0 Å². The van der Waals surface area contributed by atoms with Crippen LogP contribution in [0.5, 0.6) is 0 Å². The molecule has 1 N–H and O–H groups in total. The lowest BCUT2D eigenvalue weighted by Gasteiger charge is -2.28. The van der Waals surface area contributed by atoms with Gasteiger partial charge in [0.2, 0.25) is 5.01 Å². The Bertz CT molecular complexity index is 364. The van der Waals surface area contributed by atoms with Gasteiger partial charge < -0.3 is 10.0 Å². The fourth-order valence-corrected chi connectivity index (χ4v) is 2.72. The van der Waals surface area contributed by atoms with E-state index in [1.54, 1.807) is 0 Å². The zero-order valence-corrected chi connectivity index (χ0v) is 9.46. The summed E-state index contributed by atoms with van der Waals surface area (Å²) in [5.41, 5.74) is 0.948. The molecule has 1 aliphatic heterocycles. The van der Waals surface area contributed by atoms with Gasteiger partial charge in [-0.3, -0.25) is 0 Å². The number of piperidine rings is 1. The molecule has 1 aromatic rings. The molecule has 0 bridgehead atoms. The lowest BCUT2D eigenvalue weighted by Crippen LogP contribution is -2.30. The van der Waals surface area contributed by atoms with E-state index in [0.29, 0.717) is 5.92 Å². The third-order valence-corrected chi connectivity index (χ3v) is 3.60. The van der Waals surface area contributed by atoms with Crippen molar-refractivity contribution in [3.05, 3.63) is 16.1 Å². The molecule has 4 nitrogen and oxygen atoms in total. The first-order chi connectivity index (χ1) is 7.16. The maximum atomic E-state index is 10.7. The van der Waals surface area contributed by atoms with Gasteiger partial charge >= 0.3 is 5.97 Å². The van der Waals surface area contributed by atoms with Gasteiger partial charge in [0.05, 0.1) is 5.69 Å². The van der Waals surface area contributed by atoms with Gasteiger partial charge in [-0.15, -0.1) is 11.3 Å². The molecule has 0 saturated carbocycles. The van der Waals surface area contributed by atoms with E-state index >= 15 is 0 Å². The Hall–Kier alpha value is -0.940. The number of hydrogen-bond donors (Lipinski definition) is 1. The normalized spacial score (nSPS) is 22.9. The molecule has 2 heterocycles. The summed E-state index contributed by atoms with van der Waals surface area (Å²) >= 11 is 1.22. The average Bonchev–Trinajstić information content (AvgIpc) is 2.66. The Balaban J connectivity index is 2.11. The number of likely N-dealkylation sites (tertiary alicyclic amines) is 1. The number of likely N-dealkylation sites (N-methyl/N-ethyl adjacent to an activating group) is 1. The Labute approximate surface area is 92.6 Å². The molecule has 1 saturated heterocycles. The average molecular weight is 226 g/mol. The van der Waals surface area contributed by atoms with Crippen LogP contribution in [0.4, 0.5) is 0 Å². The zero-order chi connectivity index (χ0) is 10.8. The van der Waals surface area contributed by atoms with E-state index in [1.165, 1.54) is 17.8 Å². The standard InChI is InChI=1S/C10H14N2O2S/c1-12-4-2-3-7(5-12)8-6-15-9(11-8)10(13)14/h6-7H,2-5H2,1H3,(H,13,14). The first kappa shape index (κ1) is 10.6. The molecule has 1 unspecified atom stereocenters. The van der Waals surface area contributed by atoms with Crippen LogP contribution in [-0.4, -0.2) is 41.1 Å². The first-order valence-electron chi connectivity index (χ1n) is 5.04. The van der Waals surface area contributed by atoms with Crippen LogP contribution in [0.3, 0.4) is 0 Å². The Morgan fingerprint density at radius 2 is 2.53 bits per heavy atom. The topological polar surface area (TPSA) is 53.4 Å². The third-order valence-electron chi connectivity index (χ3n) is 2.75. The van der Waals surface area contributed by atoms with Crippen molar-refractivity contribution >= 4 is 17.3 Å². The van der Waals surface area contributed by atoms with Crippen molar-refractivity contribution in [1.82, 2.24) is 9.88 Å². The highest BCUT2D eigenvalue weighted by atomic mass is 32.1. The molecule has 15 heavy (non-hydrogen) atoms. The van der Waals surface area contributed by atoms with E-state index in [4.69, 9.17) is 5.11 Å². The molecular formula is C10H14N2O2S. The third kappa shape index (κ3) is 2.35. The molecule has 1 aliphatic rings. The maximum Gasteiger partial charge on any atom is 0.365 e. The number of nitrogens with zero attached hydrogens (tertiary/aromatic N) is 2. The van der Waals surface area contributed by atoms with Gasteiger partial charge in [0.25, 0.3) is 0 Å². The van der Waals surface area contributed by atoms with Crippen LogP contribution >= 0.6 is 11.3 Å². The highest BCUT2D eigenvalue weighted by Gasteiger charge is 2.22. The lowest BCUT2D eigenvalue weighted by molar-refractivity contribution is 0.0696. The number of aromatic carboxylic acids is 1. The SMILES string of the molecule is CN1CCCC(c2csc(C(=O)O)n2)C1. The molecule has 0 spiro atoms. The second kappa shape index (κ2) is 4.28. The minimum atomic E-state index is -0.921. The molecule has 1 atom stereocenters. The van der Waals surface area contributed by atoms with Crippen LogP contribution < -0.4 is 0 Å². The second-order valence-electron chi connectivity index (χ2n) is 3.98. The highest BCUT2D eigenvalue weighted by Crippen LogP contribution is 2.27. The molecule has 5 heteroatoms. The number of carboxylic acid groups (broad SMARTS) is 1. The summed E-state index contributed by atoms with van der Waals surface area (Å²) in [6, 6.07) is 0. The Morgan fingerprint density at radius 3 is 3.13 bits per heavy atom. The molecule has 0 amide bonds. The van der Waals surface area contributed by atoms with E-state index in [0.717, 1.165) is 25.2 Å². The van der Waals surface area contributed by atoms with Crippen LogP contribution in [0, 0.1) is 0 Å². The van der Waals surface area contributed by atoms with E-state index in [9.17, 15) is 4.79 Å². The van der Waals surface area contributed by atoms with Crippen molar-refractivity contribution in [2.24, 2.45) is 0 Å². The van der Waals surface area contributed by atoms with E-state index in [1.807, 2.05) is 5.38 Å². The molecular weight excluding hydrogens is 212 g/mol. The van der Waals surface area contributed by atoms with E-state index in [-0.39, 0.29) is 5.01 Å². The predicted octanol–water partition coefficient (Wildman–Crippen LogP) is 1.65. The van der Waals surface area contributed by atoms with Crippen molar-refractivity contribution in [1.29, 1.82) is 0 Å². The molecule has 0 aliphatic carbocycles. The quantitative estimate of drug-likeness (QED) is 0.833. The molecule has 0 radical (unpaired) electrons.